The molecule has 2 aromatic carbocycles. The van der Waals surface area contributed by atoms with Crippen molar-refractivity contribution in [3.05, 3.63) is 52.5 Å². The lowest BCUT2D eigenvalue weighted by atomic mass is 10.1. The zero-order valence-corrected chi connectivity index (χ0v) is 16.2. The van der Waals surface area contributed by atoms with Gasteiger partial charge in [-0.2, -0.15) is 0 Å². The third-order valence-electron chi connectivity index (χ3n) is 4.24. The molecule has 2 amide bonds. The third-order valence-corrected chi connectivity index (χ3v) is 4.70. The van der Waals surface area contributed by atoms with E-state index in [1.54, 1.807) is 11.8 Å². The largest absolute Gasteiger partial charge is 0.494 e. The number of ether oxygens (including phenoxy) is 1. The minimum atomic E-state index is -0.0858. The van der Waals surface area contributed by atoms with Crippen LogP contribution in [0.15, 0.2) is 46.9 Å². The first-order chi connectivity index (χ1) is 12.5. The molecule has 1 heterocycles. The Hall–Kier alpha value is -2.34. The van der Waals surface area contributed by atoms with Crippen LogP contribution in [0.5, 0.6) is 5.75 Å². The molecule has 0 saturated heterocycles. The molecule has 0 radical (unpaired) electrons. The first kappa shape index (κ1) is 18.5. The molecule has 5 nitrogen and oxygen atoms in total. The van der Waals surface area contributed by atoms with Crippen LogP contribution in [0.2, 0.25) is 0 Å². The SMILES string of the molecule is CC(=O)N1CCc2cc(Br)cc(NC(=O)CCCOc3ccccc3)c21. The molecule has 0 aromatic heterocycles. The van der Waals surface area contributed by atoms with Crippen LogP contribution in [0.4, 0.5) is 11.4 Å². The maximum Gasteiger partial charge on any atom is 0.224 e. The zero-order chi connectivity index (χ0) is 18.5. The van der Waals surface area contributed by atoms with Gasteiger partial charge in [0.05, 0.1) is 18.0 Å². The molecular formula is C20H21BrN2O3. The van der Waals surface area contributed by atoms with Gasteiger partial charge in [0.1, 0.15) is 5.75 Å². The summed E-state index contributed by atoms with van der Waals surface area (Å²) in [6.07, 6.45) is 1.77. The highest BCUT2D eigenvalue weighted by atomic mass is 79.9. The van der Waals surface area contributed by atoms with Crippen LogP contribution in [-0.4, -0.2) is 25.0 Å². The normalized spacial score (nSPS) is 12.6. The summed E-state index contributed by atoms with van der Waals surface area (Å²) in [6.45, 7) is 2.67. The van der Waals surface area contributed by atoms with Gasteiger partial charge in [0.15, 0.2) is 0 Å². The molecule has 0 bridgehead atoms. The van der Waals surface area contributed by atoms with Gasteiger partial charge < -0.3 is 15.0 Å². The molecular weight excluding hydrogens is 396 g/mol. The van der Waals surface area contributed by atoms with Crippen LogP contribution in [0.25, 0.3) is 0 Å². The van der Waals surface area contributed by atoms with Gasteiger partial charge in [-0.15, -0.1) is 0 Å². The Bertz CT molecular complexity index is 808. The summed E-state index contributed by atoms with van der Waals surface area (Å²) >= 11 is 3.48. The first-order valence-electron chi connectivity index (χ1n) is 8.63. The molecule has 0 spiro atoms. The fourth-order valence-corrected chi connectivity index (χ4v) is 3.58. The number of carbonyl (C=O) groups excluding carboxylic acids is 2. The molecule has 6 heteroatoms. The minimum absolute atomic E-state index is 0.0159. The second-order valence-electron chi connectivity index (χ2n) is 6.19. The monoisotopic (exact) mass is 416 g/mol. The fourth-order valence-electron chi connectivity index (χ4n) is 3.07. The van der Waals surface area contributed by atoms with Crippen LogP contribution < -0.4 is 15.0 Å². The number of nitrogens with zero attached hydrogens (tertiary/aromatic N) is 1. The smallest absolute Gasteiger partial charge is 0.224 e. The number of rotatable bonds is 6. The number of anilines is 2. The summed E-state index contributed by atoms with van der Waals surface area (Å²) in [4.78, 5) is 25.9. The topological polar surface area (TPSA) is 58.6 Å². The van der Waals surface area contributed by atoms with Crippen LogP contribution in [0, 0.1) is 0 Å². The molecule has 26 heavy (non-hydrogen) atoms. The van der Waals surface area contributed by atoms with E-state index in [4.69, 9.17) is 4.74 Å². The second kappa shape index (κ2) is 8.36. The number of nitrogens with one attached hydrogen (secondary N) is 1. The Morgan fingerprint density at radius 1 is 1.23 bits per heavy atom. The van der Waals surface area contributed by atoms with Gasteiger partial charge in [0.2, 0.25) is 11.8 Å². The molecule has 0 fully saturated rings. The molecule has 2 aromatic rings. The summed E-state index contributed by atoms with van der Waals surface area (Å²) in [5, 5.41) is 2.95. The molecule has 0 saturated carbocycles. The average Bonchev–Trinajstić information content (AvgIpc) is 3.04. The Balaban J connectivity index is 1.58. The van der Waals surface area contributed by atoms with Crippen LogP contribution in [0.3, 0.4) is 0 Å². The van der Waals surface area contributed by atoms with Crippen molar-refractivity contribution in [2.24, 2.45) is 0 Å². The highest BCUT2D eigenvalue weighted by Gasteiger charge is 2.26. The number of hydrogen-bond acceptors (Lipinski definition) is 3. The summed E-state index contributed by atoms with van der Waals surface area (Å²) in [5.41, 5.74) is 2.56. The fraction of sp³-hybridized carbons (Fsp3) is 0.300. The maximum absolute atomic E-state index is 12.3. The molecule has 1 aliphatic rings. The van der Waals surface area contributed by atoms with Crippen molar-refractivity contribution in [3.63, 3.8) is 0 Å². The van der Waals surface area contributed by atoms with Gasteiger partial charge in [0, 0.05) is 24.4 Å². The number of amides is 2. The van der Waals surface area contributed by atoms with E-state index >= 15 is 0 Å². The van der Waals surface area contributed by atoms with Gasteiger partial charge in [-0.1, -0.05) is 34.1 Å². The van der Waals surface area contributed by atoms with Crippen molar-refractivity contribution in [1.29, 1.82) is 0 Å². The average molecular weight is 417 g/mol. The zero-order valence-electron chi connectivity index (χ0n) is 14.6. The van der Waals surface area contributed by atoms with Gasteiger partial charge >= 0.3 is 0 Å². The molecule has 0 unspecified atom stereocenters. The molecule has 0 atom stereocenters. The van der Waals surface area contributed by atoms with Crippen molar-refractivity contribution in [2.45, 2.75) is 26.2 Å². The lowest BCUT2D eigenvalue weighted by molar-refractivity contribution is -0.117. The van der Waals surface area contributed by atoms with Gasteiger partial charge in [-0.3, -0.25) is 9.59 Å². The number of benzene rings is 2. The van der Waals surface area contributed by atoms with E-state index in [1.165, 1.54) is 0 Å². The van der Waals surface area contributed by atoms with E-state index in [0.29, 0.717) is 31.7 Å². The second-order valence-corrected chi connectivity index (χ2v) is 7.11. The minimum Gasteiger partial charge on any atom is -0.494 e. The summed E-state index contributed by atoms with van der Waals surface area (Å²) < 4.78 is 6.50. The quantitative estimate of drug-likeness (QED) is 0.719. The highest BCUT2D eigenvalue weighted by Crippen LogP contribution is 2.38. The Kier molecular flexibility index (Phi) is 5.93. The Labute approximate surface area is 161 Å². The number of halogens is 1. The van der Waals surface area contributed by atoms with Gasteiger partial charge in [0.25, 0.3) is 0 Å². The van der Waals surface area contributed by atoms with Crippen LogP contribution in [0.1, 0.15) is 25.3 Å². The third kappa shape index (κ3) is 4.43. The van der Waals surface area contributed by atoms with Crippen molar-refractivity contribution in [1.82, 2.24) is 0 Å². The van der Waals surface area contributed by atoms with Crippen molar-refractivity contribution in [3.8, 4) is 5.75 Å². The van der Waals surface area contributed by atoms with E-state index in [2.05, 4.69) is 21.2 Å². The van der Waals surface area contributed by atoms with E-state index in [-0.39, 0.29) is 11.8 Å². The lowest BCUT2D eigenvalue weighted by Gasteiger charge is -2.19. The first-order valence-corrected chi connectivity index (χ1v) is 9.42. The van der Waals surface area contributed by atoms with E-state index in [9.17, 15) is 9.59 Å². The van der Waals surface area contributed by atoms with Gasteiger partial charge in [-0.25, -0.2) is 0 Å². The number of fused-ring (bicyclic) bond motifs is 1. The van der Waals surface area contributed by atoms with Crippen molar-refractivity contribution in [2.75, 3.05) is 23.4 Å². The number of carbonyl (C=O) groups is 2. The summed E-state index contributed by atoms with van der Waals surface area (Å²) in [7, 11) is 0. The number of para-hydroxylation sites is 1. The molecule has 136 valence electrons. The predicted octanol–water partition coefficient (Wildman–Crippen LogP) is 4.16. The van der Waals surface area contributed by atoms with Crippen LogP contribution >= 0.6 is 15.9 Å². The van der Waals surface area contributed by atoms with Crippen molar-refractivity contribution < 1.29 is 14.3 Å². The lowest BCUT2D eigenvalue weighted by Crippen LogP contribution is -2.27. The van der Waals surface area contributed by atoms with E-state index in [0.717, 1.165) is 27.9 Å². The Morgan fingerprint density at radius 2 is 2.00 bits per heavy atom. The summed E-state index contributed by atoms with van der Waals surface area (Å²) in [5.74, 6) is 0.699. The highest BCUT2D eigenvalue weighted by molar-refractivity contribution is 9.10. The maximum atomic E-state index is 12.3. The van der Waals surface area contributed by atoms with E-state index in [1.807, 2.05) is 42.5 Å². The standard InChI is InChI=1S/C20H21BrN2O3/c1-14(24)23-10-9-15-12-16(21)13-18(20(15)23)22-19(25)8-5-11-26-17-6-3-2-4-7-17/h2-4,6-7,12-13H,5,8-11H2,1H3,(H,22,25). The molecule has 1 aliphatic heterocycles. The van der Waals surface area contributed by atoms with E-state index < -0.39 is 0 Å². The predicted molar refractivity (Wildman–Crippen MR) is 106 cm³/mol. The molecule has 0 aliphatic carbocycles. The summed E-state index contributed by atoms with van der Waals surface area (Å²) in [6, 6.07) is 13.4. The van der Waals surface area contributed by atoms with Gasteiger partial charge in [-0.05, 0) is 42.7 Å². The number of hydrogen-bond donors (Lipinski definition) is 1. The Morgan fingerprint density at radius 3 is 2.73 bits per heavy atom. The van der Waals surface area contributed by atoms with Crippen molar-refractivity contribution >= 4 is 39.1 Å². The molecule has 1 N–H and O–H groups in total. The van der Waals surface area contributed by atoms with Crippen LogP contribution in [-0.2, 0) is 16.0 Å². The molecule has 3 rings (SSSR count).